The number of benzene rings is 1. The second kappa shape index (κ2) is 7.57. The van der Waals surface area contributed by atoms with Crippen molar-refractivity contribution in [2.75, 3.05) is 25.0 Å². The highest BCUT2D eigenvalue weighted by Crippen LogP contribution is 2.31. The fourth-order valence-electron chi connectivity index (χ4n) is 2.52. The van der Waals surface area contributed by atoms with Crippen LogP contribution in [0.4, 0.5) is 29.6 Å². The van der Waals surface area contributed by atoms with Gasteiger partial charge in [0, 0.05) is 18.9 Å². The Bertz CT molecular complexity index is 833. The molecule has 1 aliphatic heterocycles. The first-order valence-electron chi connectivity index (χ1n) is 7.79. The van der Waals surface area contributed by atoms with Crippen LogP contribution in [0.3, 0.4) is 0 Å². The van der Waals surface area contributed by atoms with Crippen LogP contribution in [0.5, 0.6) is 0 Å². The maximum atomic E-state index is 12.5. The summed E-state index contributed by atoms with van der Waals surface area (Å²) >= 11 is 6.22. The van der Waals surface area contributed by atoms with Crippen LogP contribution in [0.1, 0.15) is 17.2 Å². The van der Waals surface area contributed by atoms with E-state index in [1.807, 2.05) is 0 Å². The molecule has 0 unspecified atom stereocenters. The van der Waals surface area contributed by atoms with Crippen molar-refractivity contribution in [3.63, 3.8) is 0 Å². The van der Waals surface area contributed by atoms with E-state index < -0.39 is 23.9 Å². The number of carboxylic acid groups (broad SMARTS) is 1. The van der Waals surface area contributed by atoms with E-state index >= 15 is 0 Å². The molecule has 11 heteroatoms. The van der Waals surface area contributed by atoms with Crippen LogP contribution < -0.4 is 5.32 Å². The van der Waals surface area contributed by atoms with Gasteiger partial charge in [-0.3, -0.25) is 0 Å². The molecule has 1 aliphatic rings. The molecule has 0 spiro atoms. The quantitative estimate of drug-likeness (QED) is 0.808. The molecule has 1 saturated heterocycles. The van der Waals surface area contributed by atoms with Crippen LogP contribution in [-0.4, -0.2) is 45.8 Å². The summed E-state index contributed by atoms with van der Waals surface area (Å²) in [5.74, 6) is -0.0383. The van der Waals surface area contributed by atoms with Crippen LogP contribution in [0.2, 0.25) is 5.02 Å². The van der Waals surface area contributed by atoms with Gasteiger partial charge in [0.2, 0.25) is 5.95 Å². The highest BCUT2D eigenvalue weighted by molar-refractivity contribution is 6.33. The minimum absolute atomic E-state index is 0.0383. The summed E-state index contributed by atoms with van der Waals surface area (Å²) in [6.07, 6.45) is -4.64. The van der Waals surface area contributed by atoms with E-state index in [9.17, 15) is 18.0 Å². The summed E-state index contributed by atoms with van der Waals surface area (Å²) in [5, 5.41) is 12.1. The van der Waals surface area contributed by atoms with E-state index in [4.69, 9.17) is 21.4 Å². The zero-order chi connectivity index (χ0) is 19.6. The average Bonchev–Trinajstić information content (AvgIpc) is 2.63. The number of nitrogens with one attached hydrogen (secondary N) is 1. The molecule has 0 radical (unpaired) electrons. The van der Waals surface area contributed by atoms with Crippen molar-refractivity contribution in [1.82, 2.24) is 14.9 Å². The fraction of sp³-hybridized carbons (Fsp3) is 0.312. The third kappa shape index (κ3) is 4.58. The number of halogens is 4. The van der Waals surface area contributed by atoms with Gasteiger partial charge in [-0.15, -0.1) is 0 Å². The first-order valence-corrected chi connectivity index (χ1v) is 8.17. The number of rotatable bonds is 3. The number of hydrogen-bond acceptors (Lipinski definition) is 5. The maximum Gasteiger partial charge on any atom is 0.419 e. The van der Waals surface area contributed by atoms with Crippen molar-refractivity contribution in [2.45, 2.75) is 12.3 Å². The summed E-state index contributed by atoms with van der Waals surface area (Å²) in [4.78, 5) is 19.6. The highest BCUT2D eigenvalue weighted by Gasteiger charge is 2.31. The van der Waals surface area contributed by atoms with Gasteiger partial charge in [0.15, 0.2) is 0 Å². The Balaban J connectivity index is 1.72. The first-order chi connectivity index (χ1) is 12.7. The van der Waals surface area contributed by atoms with Crippen molar-refractivity contribution in [1.29, 1.82) is 0 Å². The van der Waals surface area contributed by atoms with Gasteiger partial charge in [-0.25, -0.2) is 14.8 Å². The SMILES string of the molecule is O=C(O)N1CCO[C@H](c2ccc(Nc3ncc(C(F)(F)F)cn3)c(Cl)c2)C1. The molecule has 0 aliphatic carbocycles. The molecule has 0 saturated carbocycles. The monoisotopic (exact) mass is 402 g/mol. The second-order valence-electron chi connectivity index (χ2n) is 5.75. The smallest absolute Gasteiger partial charge is 0.419 e. The van der Waals surface area contributed by atoms with Gasteiger partial charge in [0.25, 0.3) is 0 Å². The Morgan fingerprint density at radius 1 is 1.33 bits per heavy atom. The van der Waals surface area contributed by atoms with E-state index in [0.29, 0.717) is 30.2 Å². The Labute approximate surface area is 156 Å². The number of ether oxygens (including phenoxy) is 1. The van der Waals surface area contributed by atoms with E-state index in [0.717, 1.165) is 0 Å². The van der Waals surface area contributed by atoms with E-state index in [1.165, 1.54) is 4.90 Å². The Morgan fingerprint density at radius 3 is 2.63 bits per heavy atom. The summed E-state index contributed by atoms with van der Waals surface area (Å²) in [6, 6.07) is 4.89. The lowest BCUT2D eigenvalue weighted by Gasteiger charge is -2.31. The summed E-state index contributed by atoms with van der Waals surface area (Å²) < 4.78 is 43.2. The van der Waals surface area contributed by atoms with Gasteiger partial charge in [-0.2, -0.15) is 13.2 Å². The van der Waals surface area contributed by atoms with Gasteiger partial charge in [0.1, 0.15) is 6.10 Å². The molecule has 1 aromatic heterocycles. The number of carbonyl (C=O) groups is 1. The van der Waals surface area contributed by atoms with E-state index in [1.54, 1.807) is 18.2 Å². The lowest BCUT2D eigenvalue weighted by atomic mass is 10.1. The van der Waals surface area contributed by atoms with Crippen molar-refractivity contribution in [2.24, 2.45) is 0 Å². The molecule has 2 N–H and O–H groups in total. The largest absolute Gasteiger partial charge is 0.465 e. The third-order valence-corrected chi connectivity index (χ3v) is 4.24. The lowest BCUT2D eigenvalue weighted by Crippen LogP contribution is -2.41. The Kier molecular flexibility index (Phi) is 5.38. The molecule has 1 atom stereocenters. The summed E-state index contributed by atoms with van der Waals surface area (Å²) in [6.45, 7) is 0.749. The molecular weight excluding hydrogens is 389 g/mol. The average molecular weight is 403 g/mol. The minimum Gasteiger partial charge on any atom is -0.465 e. The number of amides is 1. The summed E-state index contributed by atoms with van der Waals surface area (Å²) in [7, 11) is 0. The molecule has 1 amide bonds. The van der Waals surface area contributed by atoms with Crippen molar-refractivity contribution >= 4 is 29.3 Å². The molecule has 27 heavy (non-hydrogen) atoms. The molecule has 1 fully saturated rings. The van der Waals surface area contributed by atoms with Crippen LogP contribution in [-0.2, 0) is 10.9 Å². The Hall–Kier alpha value is -2.59. The Morgan fingerprint density at radius 2 is 2.04 bits per heavy atom. The highest BCUT2D eigenvalue weighted by atomic mass is 35.5. The van der Waals surface area contributed by atoms with Crippen LogP contribution in [0, 0.1) is 0 Å². The maximum absolute atomic E-state index is 12.5. The van der Waals surface area contributed by atoms with Crippen LogP contribution in [0.15, 0.2) is 30.6 Å². The molecule has 2 aromatic rings. The van der Waals surface area contributed by atoms with Gasteiger partial charge in [-0.1, -0.05) is 17.7 Å². The van der Waals surface area contributed by atoms with E-state index in [-0.39, 0.29) is 24.1 Å². The zero-order valence-electron chi connectivity index (χ0n) is 13.7. The predicted molar refractivity (Wildman–Crippen MR) is 90.1 cm³/mol. The van der Waals surface area contributed by atoms with Crippen molar-refractivity contribution < 1.29 is 27.8 Å². The molecule has 144 valence electrons. The molecule has 7 nitrogen and oxygen atoms in total. The normalized spacial score (nSPS) is 17.6. The second-order valence-corrected chi connectivity index (χ2v) is 6.15. The number of anilines is 2. The third-order valence-electron chi connectivity index (χ3n) is 3.93. The number of morpholine rings is 1. The zero-order valence-corrected chi connectivity index (χ0v) is 14.5. The van der Waals surface area contributed by atoms with Gasteiger partial charge < -0.3 is 20.1 Å². The van der Waals surface area contributed by atoms with Crippen LogP contribution in [0.25, 0.3) is 0 Å². The summed E-state index contributed by atoms with van der Waals surface area (Å²) in [5.41, 5.74) is 0.128. The number of aromatic nitrogens is 2. The molecule has 2 heterocycles. The van der Waals surface area contributed by atoms with Gasteiger partial charge in [-0.05, 0) is 17.7 Å². The number of nitrogens with zero attached hydrogens (tertiary/aromatic N) is 3. The number of hydrogen-bond donors (Lipinski definition) is 2. The molecular formula is C16H14ClF3N4O3. The molecule has 3 rings (SSSR count). The first kappa shape index (κ1) is 19.2. The molecule has 0 bridgehead atoms. The number of alkyl halides is 3. The van der Waals surface area contributed by atoms with E-state index in [2.05, 4.69) is 15.3 Å². The minimum atomic E-state index is -4.51. The lowest BCUT2D eigenvalue weighted by molar-refractivity contribution is -0.138. The van der Waals surface area contributed by atoms with Gasteiger partial charge >= 0.3 is 12.3 Å². The van der Waals surface area contributed by atoms with Crippen molar-refractivity contribution in [3.05, 3.63) is 46.7 Å². The topological polar surface area (TPSA) is 87.6 Å². The fourth-order valence-corrected chi connectivity index (χ4v) is 2.75. The predicted octanol–water partition coefficient (Wildman–Crippen LogP) is 3.94. The standard InChI is InChI=1S/C16H14ClF3N4O3/c17-11-5-9(13-8-24(15(25)26)3-4-27-13)1-2-12(11)23-14-21-6-10(7-22-14)16(18,19)20/h1-2,5-7,13H,3-4,8H2,(H,25,26)(H,21,22,23)/t13-/m0/s1. The van der Waals surface area contributed by atoms with Crippen molar-refractivity contribution in [3.8, 4) is 0 Å². The van der Waals surface area contributed by atoms with Gasteiger partial charge in [0.05, 0.1) is 29.4 Å². The molecule has 1 aromatic carbocycles. The van der Waals surface area contributed by atoms with Crippen LogP contribution >= 0.6 is 11.6 Å².